The molecule has 4 rings (SSSR count). The number of hydrogen-bond acceptors (Lipinski definition) is 7. The van der Waals surface area contributed by atoms with Crippen molar-refractivity contribution < 1.29 is 4.74 Å². The number of nitrogens with one attached hydrogen (secondary N) is 2. The molecule has 0 aliphatic rings. The summed E-state index contributed by atoms with van der Waals surface area (Å²) in [5.41, 5.74) is 2.23. The first-order valence-corrected chi connectivity index (χ1v) is 10.2. The van der Waals surface area contributed by atoms with E-state index in [1.807, 2.05) is 12.1 Å². The Bertz CT molecular complexity index is 1200. The van der Waals surface area contributed by atoms with Gasteiger partial charge < -0.3 is 14.6 Å². The molecule has 11 heteroatoms. The van der Waals surface area contributed by atoms with Crippen molar-refractivity contribution in [2.75, 3.05) is 19.0 Å². The van der Waals surface area contributed by atoms with E-state index in [0.29, 0.717) is 38.5 Å². The maximum Gasteiger partial charge on any atom is 0.264 e. The van der Waals surface area contributed by atoms with Crippen molar-refractivity contribution in [2.24, 2.45) is 0 Å². The van der Waals surface area contributed by atoms with Crippen LogP contribution < -0.4 is 10.9 Å². The molecular formula is C17H14BrClN6O2S. The van der Waals surface area contributed by atoms with Crippen molar-refractivity contribution in [2.45, 2.75) is 6.54 Å². The third-order valence-corrected chi connectivity index (χ3v) is 5.91. The van der Waals surface area contributed by atoms with Gasteiger partial charge >= 0.3 is 0 Å². The van der Waals surface area contributed by atoms with Crippen molar-refractivity contribution in [3.63, 3.8) is 0 Å². The molecule has 3 heterocycles. The smallest absolute Gasteiger partial charge is 0.264 e. The van der Waals surface area contributed by atoms with Crippen LogP contribution >= 0.6 is 38.9 Å². The zero-order chi connectivity index (χ0) is 19.7. The number of methoxy groups -OCH3 is 1. The standard InChI is InChI=1S/C17H14BrClN6O2S/c1-27-5-4-25-8-9(6-11(18)16(25)26)15-23-24-17(28-15)21-13-3-2-12-10(14(13)19)7-20-22-12/h2-3,6-8H,4-5H2,1H3,(H,20,22)(H,21,24). The Morgan fingerprint density at radius 2 is 2.25 bits per heavy atom. The second-order valence-electron chi connectivity index (χ2n) is 5.86. The molecule has 28 heavy (non-hydrogen) atoms. The Kier molecular flexibility index (Phi) is 5.44. The Morgan fingerprint density at radius 1 is 1.39 bits per heavy atom. The van der Waals surface area contributed by atoms with Gasteiger partial charge in [-0.05, 0) is 34.1 Å². The largest absolute Gasteiger partial charge is 0.383 e. The lowest BCUT2D eigenvalue weighted by molar-refractivity contribution is 0.186. The quantitative estimate of drug-likeness (QED) is 0.431. The molecule has 0 aliphatic carbocycles. The summed E-state index contributed by atoms with van der Waals surface area (Å²) in [5.74, 6) is 0. The minimum absolute atomic E-state index is 0.121. The van der Waals surface area contributed by atoms with E-state index in [9.17, 15) is 4.79 Å². The van der Waals surface area contributed by atoms with Gasteiger partial charge in [0.1, 0.15) is 0 Å². The van der Waals surface area contributed by atoms with Gasteiger partial charge in [-0.3, -0.25) is 9.89 Å². The lowest BCUT2D eigenvalue weighted by atomic mass is 10.2. The van der Waals surface area contributed by atoms with Gasteiger partial charge in [-0.1, -0.05) is 22.9 Å². The van der Waals surface area contributed by atoms with Gasteiger partial charge in [0.25, 0.3) is 5.56 Å². The van der Waals surface area contributed by atoms with Crippen LogP contribution in [0.1, 0.15) is 0 Å². The van der Waals surface area contributed by atoms with Crippen LogP contribution in [0.15, 0.2) is 39.9 Å². The van der Waals surface area contributed by atoms with Crippen molar-refractivity contribution in [3.05, 3.63) is 50.4 Å². The highest BCUT2D eigenvalue weighted by Crippen LogP contribution is 2.34. The van der Waals surface area contributed by atoms with Gasteiger partial charge in [0.15, 0.2) is 5.01 Å². The lowest BCUT2D eigenvalue weighted by Gasteiger charge is -2.07. The molecule has 0 saturated heterocycles. The molecule has 0 fully saturated rings. The zero-order valence-corrected chi connectivity index (χ0v) is 17.7. The molecular weight excluding hydrogens is 468 g/mol. The van der Waals surface area contributed by atoms with Crippen molar-refractivity contribution >= 4 is 60.6 Å². The fourth-order valence-corrected chi connectivity index (χ4v) is 4.13. The number of hydrogen-bond donors (Lipinski definition) is 2. The summed E-state index contributed by atoms with van der Waals surface area (Å²) in [4.78, 5) is 12.2. The summed E-state index contributed by atoms with van der Waals surface area (Å²) in [6.07, 6.45) is 3.43. The van der Waals surface area contributed by atoms with Crippen LogP contribution in [0.4, 0.5) is 10.8 Å². The van der Waals surface area contributed by atoms with E-state index in [1.54, 1.807) is 30.1 Å². The Hall–Kier alpha value is -2.27. The van der Waals surface area contributed by atoms with Crippen LogP contribution in [-0.2, 0) is 11.3 Å². The molecule has 0 spiro atoms. The SMILES string of the molecule is COCCn1cc(-c2nnc(Nc3ccc4[nH]ncc4c3Cl)s2)cc(Br)c1=O. The number of fused-ring (bicyclic) bond motifs is 1. The van der Waals surface area contributed by atoms with Crippen LogP contribution in [-0.4, -0.2) is 38.7 Å². The summed E-state index contributed by atoms with van der Waals surface area (Å²) in [5, 5.41) is 21.1. The molecule has 1 aromatic carbocycles. The first kappa shape index (κ1) is 19.1. The molecule has 2 N–H and O–H groups in total. The third-order valence-electron chi connectivity index (χ3n) is 4.05. The molecule has 0 radical (unpaired) electrons. The number of benzene rings is 1. The molecule has 144 valence electrons. The highest BCUT2D eigenvalue weighted by molar-refractivity contribution is 9.10. The second kappa shape index (κ2) is 8.00. The summed E-state index contributed by atoms with van der Waals surface area (Å²) in [6.45, 7) is 0.889. The number of ether oxygens (including phenoxy) is 1. The number of H-pyrrole nitrogens is 1. The van der Waals surface area contributed by atoms with Gasteiger partial charge in [0, 0.05) is 30.8 Å². The highest BCUT2D eigenvalue weighted by Gasteiger charge is 2.13. The van der Waals surface area contributed by atoms with Crippen LogP contribution in [0, 0.1) is 0 Å². The number of aromatic amines is 1. The van der Waals surface area contributed by atoms with Gasteiger partial charge in [-0.2, -0.15) is 5.10 Å². The molecule has 0 atom stereocenters. The monoisotopic (exact) mass is 480 g/mol. The fourth-order valence-electron chi connectivity index (χ4n) is 2.66. The number of pyridine rings is 1. The molecule has 0 amide bonds. The first-order valence-electron chi connectivity index (χ1n) is 8.18. The number of rotatable bonds is 6. The second-order valence-corrected chi connectivity index (χ2v) is 8.07. The van der Waals surface area contributed by atoms with E-state index in [-0.39, 0.29) is 5.56 Å². The molecule has 8 nitrogen and oxygen atoms in total. The predicted molar refractivity (Wildman–Crippen MR) is 114 cm³/mol. The van der Waals surface area contributed by atoms with Crippen LogP contribution in [0.2, 0.25) is 5.02 Å². The Morgan fingerprint density at radius 3 is 3.07 bits per heavy atom. The van der Waals surface area contributed by atoms with Crippen molar-refractivity contribution in [1.82, 2.24) is 25.0 Å². The van der Waals surface area contributed by atoms with E-state index >= 15 is 0 Å². The summed E-state index contributed by atoms with van der Waals surface area (Å²) in [6, 6.07) is 5.48. The Labute approximate surface area is 176 Å². The summed E-state index contributed by atoms with van der Waals surface area (Å²) in [7, 11) is 1.60. The number of anilines is 2. The molecule has 0 bridgehead atoms. The minimum atomic E-state index is -0.121. The average Bonchev–Trinajstić information content (AvgIpc) is 3.35. The molecule has 3 aromatic heterocycles. The molecule has 0 unspecified atom stereocenters. The van der Waals surface area contributed by atoms with Crippen LogP contribution in [0.5, 0.6) is 0 Å². The van der Waals surface area contributed by atoms with E-state index in [4.69, 9.17) is 16.3 Å². The third kappa shape index (κ3) is 3.68. The zero-order valence-electron chi connectivity index (χ0n) is 14.6. The summed E-state index contributed by atoms with van der Waals surface area (Å²) >= 11 is 11.1. The Balaban J connectivity index is 1.63. The lowest BCUT2D eigenvalue weighted by Crippen LogP contribution is -2.22. The van der Waals surface area contributed by atoms with Crippen LogP contribution in [0.25, 0.3) is 21.5 Å². The number of nitrogens with zero attached hydrogens (tertiary/aromatic N) is 4. The van der Waals surface area contributed by atoms with Crippen LogP contribution in [0.3, 0.4) is 0 Å². The van der Waals surface area contributed by atoms with E-state index in [1.165, 1.54) is 11.3 Å². The van der Waals surface area contributed by atoms with Crippen molar-refractivity contribution in [3.8, 4) is 10.6 Å². The fraction of sp³-hybridized carbons (Fsp3) is 0.176. The van der Waals surface area contributed by atoms with E-state index in [0.717, 1.165) is 16.5 Å². The highest BCUT2D eigenvalue weighted by atomic mass is 79.9. The van der Waals surface area contributed by atoms with Crippen molar-refractivity contribution in [1.29, 1.82) is 0 Å². The average molecular weight is 482 g/mol. The maximum atomic E-state index is 12.2. The normalized spacial score (nSPS) is 11.2. The predicted octanol–water partition coefficient (Wildman–Crippen LogP) is 4.05. The minimum Gasteiger partial charge on any atom is -0.383 e. The number of halogens is 2. The first-order chi connectivity index (χ1) is 13.6. The molecule has 0 saturated carbocycles. The summed E-state index contributed by atoms with van der Waals surface area (Å²) < 4.78 is 7.11. The molecule has 4 aromatic rings. The van der Waals surface area contributed by atoms with E-state index in [2.05, 4.69) is 41.6 Å². The molecule has 0 aliphatic heterocycles. The van der Waals surface area contributed by atoms with Gasteiger partial charge in [0.05, 0.1) is 33.5 Å². The van der Waals surface area contributed by atoms with E-state index < -0.39 is 0 Å². The van der Waals surface area contributed by atoms with Gasteiger partial charge in [-0.25, -0.2) is 0 Å². The topological polar surface area (TPSA) is 97.7 Å². The maximum absolute atomic E-state index is 12.2. The van der Waals surface area contributed by atoms with Gasteiger partial charge in [-0.15, -0.1) is 10.2 Å². The van der Waals surface area contributed by atoms with Gasteiger partial charge in [0.2, 0.25) is 5.13 Å². The number of aromatic nitrogens is 5.